The molecule has 7 heteroatoms. The van der Waals surface area contributed by atoms with Gasteiger partial charge in [0.2, 0.25) is 0 Å². The Hall–Kier alpha value is -1.73. The average molecular weight is 357 g/mol. The summed E-state index contributed by atoms with van der Waals surface area (Å²) in [7, 11) is -3.70. The van der Waals surface area contributed by atoms with Crippen molar-refractivity contribution >= 4 is 32.2 Å². The highest BCUT2D eigenvalue weighted by molar-refractivity contribution is 9.10. The molecule has 0 aliphatic rings. The average Bonchev–Trinajstić information content (AvgIpc) is 2.41. The van der Waals surface area contributed by atoms with Crippen molar-refractivity contribution in [2.45, 2.75) is 4.90 Å². The summed E-state index contributed by atoms with van der Waals surface area (Å²) in [6, 6.07) is 11.7. The molecule has 0 aromatic heterocycles. The zero-order chi connectivity index (χ0) is 14.6. The van der Waals surface area contributed by atoms with Crippen LogP contribution in [0.1, 0.15) is 5.56 Å². The van der Waals surface area contributed by atoms with E-state index in [-0.39, 0.29) is 10.7 Å². The highest BCUT2D eigenvalue weighted by Gasteiger charge is 2.11. The fraction of sp³-hybridized carbons (Fsp3) is 0. The second kappa shape index (κ2) is 6.15. The van der Waals surface area contributed by atoms with Crippen LogP contribution in [0.25, 0.3) is 0 Å². The lowest BCUT2D eigenvalue weighted by Crippen LogP contribution is -2.18. The molecule has 0 saturated carbocycles. The molecule has 104 valence electrons. The zero-order valence-corrected chi connectivity index (χ0v) is 12.5. The van der Waals surface area contributed by atoms with Crippen molar-refractivity contribution in [2.75, 3.05) is 0 Å². The van der Waals surface area contributed by atoms with Gasteiger partial charge >= 0.3 is 0 Å². The summed E-state index contributed by atoms with van der Waals surface area (Å²) in [6.45, 7) is 0. The van der Waals surface area contributed by atoms with Gasteiger partial charge in [0.25, 0.3) is 10.0 Å². The van der Waals surface area contributed by atoms with Crippen LogP contribution in [0.5, 0.6) is 0 Å². The summed E-state index contributed by atoms with van der Waals surface area (Å²) in [5.74, 6) is -0.363. The first-order chi connectivity index (χ1) is 9.47. The predicted molar refractivity (Wildman–Crippen MR) is 78.5 cm³/mol. The number of halogens is 2. The van der Waals surface area contributed by atoms with Crippen LogP contribution in [0.3, 0.4) is 0 Å². The Balaban J connectivity index is 2.09. The fourth-order valence-corrected chi connectivity index (χ4v) is 2.44. The van der Waals surface area contributed by atoms with Gasteiger partial charge in [0, 0.05) is 4.47 Å². The third-order valence-electron chi connectivity index (χ3n) is 2.38. The molecule has 0 radical (unpaired) electrons. The molecule has 2 rings (SSSR count). The Morgan fingerprint density at radius 2 is 1.65 bits per heavy atom. The van der Waals surface area contributed by atoms with E-state index in [0.29, 0.717) is 5.56 Å². The molecular formula is C13H10BrFN2O2S. The van der Waals surface area contributed by atoms with Gasteiger partial charge in [-0.15, -0.1) is 0 Å². The number of hydrogen-bond acceptors (Lipinski definition) is 3. The minimum absolute atomic E-state index is 0.108. The van der Waals surface area contributed by atoms with Gasteiger partial charge in [0.15, 0.2) is 0 Å². The summed E-state index contributed by atoms with van der Waals surface area (Å²) >= 11 is 3.23. The Bertz CT molecular complexity index is 713. The van der Waals surface area contributed by atoms with Crippen molar-refractivity contribution in [3.05, 3.63) is 64.4 Å². The maximum Gasteiger partial charge on any atom is 0.276 e. The molecular weight excluding hydrogens is 347 g/mol. The molecule has 2 aromatic rings. The van der Waals surface area contributed by atoms with Crippen molar-refractivity contribution in [1.29, 1.82) is 0 Å². The Kier molecular flexibility index (Phi) is 4.51. The van der Waals surface area contributed by atoms with Gasteiger partial charge in [0.05, 0.1) is 11.1 Å². The van der Waals surface area contributed by atoms with E-state index in [2.05, 4.69) is 25.9 Å². The van der Waals surface area contributed by atoms with E-state index in [1.807, 2.05) is 0 Å². The second-order valence-electron chi connectivity index (χ2n) is 3.86. The molecule has 0 aliphatic heterocycles. The van der Waals surface area contributed by atoms with E-state index >= 15 is 0 Å². The van der Waals surface area contributed by atoms with Gasteiger partial charge in [0.1, 0.15) is 5.82 Å². The van der Waals surface area contributed by atoms with Crippen LogP contribution >= 0.6 is 15.9 Å². The minimum Gasteiger partial charge on any atom is -0.207 e. The number of rotatable bonds is 4. The quantitative estimate of drug-likeness (QED) is 0.676. The van der Waals surface area contributed by atoms with E-state index < -0.39 is 10.0 Å². The van der Waals surface area contributed by atoms with Gasteiger partial charge in [-0.25, -0.2) is 9.22 Å². The molecule has 1 N–H and O–H groups in total. The molecule has 0 unspecified atom stereocenters. The van der Waals surface area contributed by atoms with E-state index in [4.69, 9.17) is 0 Å². The van der Waals surface area contributed by atoms with Gasteiger partial charge in [-0.2, -0.15) is 13.5 Å². The Morgan fingerprint density at radius 3 is 2.25 bits per heavy atom. The van der Waals surface area contributed by atoms with E-state index in [9.17, 15) is 12.8 Å². The zero-order valence-electron chi connectivity index (χ0n) is 10.1. The smallest absolute Gasteiger partial charge is 0.207 e. The number of hydrogen-bond donors (Lipinski definition) is 1. The second-order valence-corrected chi connectivity index (χ2v) is 6.43. The van der Waals surface area contributed by atoms with E-state index in [1.54, 1.807) is 12.1 Å². The summed E-state index contributed by atoms with van der Waals surface area (Å²) in [4.78, 5) is 2.20. The van der Waals surface area contributed by atoms with Crippen molar-refractivity contribution in [1.82, 2.24) is 4.83 Å². The van der Waals surface area contributed by atoms with Crippen LogP contribution in [0, 0.1) is 5.82 Å². The molecule has 20 heavy (non-hydrogen) atoms. The van der Waals surface area contributed by atoms with Gasteiger partial charge in [-0.3, -0.25) is 0 Å². The van der Waals surface area contributed by atoms with Crippen LogP contribution in [0.4, 0.5) is 4.39 Å². The molecule has 2 aromatic carbocycles. The lowest BCUT2D eigenvalue weighted by Gasteiger charge is -2.03. The molecule has 0 saturated heterocycles. The van der Waals surface area contributed by atoms with E-state index in [0.717, 1.165) is 4.47 Å². The number of sulfonamides is 1. The first-order valence-electron chi connectivity index (χ1n) is 5.53. The SMILES string of the molecule is O=S(=O)(N/N=C\c1ccc(F)cc1)c1ccc(Br)cc1. The predicted octanol–water partition coefficient (Wildman–Crippen LogP) is 2.90. The number of benzene rings is 2. The van der Waals surface area contributed by atoms with Crippen LogP contribution < -0.4 is 4.83 Å². The standard InChI is InChI=1S/C13H10BrFN2O2S/c14-11-3-7-13(8-4-11)20(18,19)17-16-9-10-1-5-12(15)6-2-10/h1-9,17H/b16-9-. The van der Waals surface area contributed by atoms with Crippen molar-refractivity contribution in [2.24, 2.45) is 5.10 Å². The lowest BCUT2D eigenvalue weighted by atomic mass is 10.2. The maximum absolute atomic E-state index is 12.7. The fourth-order valence-electron chi connectivity index (χ4n) is 1.39. The first kappa shape index (κ1) is 14.7. The summed E-state index contributed by atoms with van der Waals surface area (Å²) in [5.41, 5.74) is 0.588. The van der Waals surface area contributed by atoms with Crippen molar-refractivity contribution in [3.8, 4) is 0 Å². The Morgan fingerprint density at radius 1 is 1.05 bits per heavy atom. The molecule has 0 atom stereocenters. The van der Waals surface area contributed by atoms with Crippen LogP contribution in [-0.2, 0) is 10.0 Å². The van der Waals surface area contributed by atoms with Gasteiger partial charge in [-0.1, -0.05) is 28.1 Å². The number of nitrogens with zero attached hydrogens (tertiary/aromatic N) is 1. The highest BCUT2D eigenvalue weighted by atomic mass is 79.9. The monoisotopic (exact) mass is 356 g/mol. The third kappa shape index (κ3) is 3.88. The van der Waals surface area contributed by atoms with Crippen LogP contribution in [-0.4, -0.2) is 14.6 Å². The molecule has 0 amide bonds. The molecule has 0 fully saturated rings. The molecule has 0 heterocycles. The Labute approximate surface area is 124 Å². The van der Waals surface area contributed by atoms with Crippen molar-refractivity contribution in [3.63, 3.8) is 0 Å². The van der Waals surface area contributed by atoms with Crippen LogP contribution in [0.15, 0.2) is 63.0 Å². The first-order valence-corrected chi connectivity index (χ1v) is 7.81. The normalized spacial score (nSPS) is 11.7. The molecule has 0 spiro atoms. The lowest BCUT2D eigenvalue weighted by molar-refractivity contribution is 0.584. The molecule has 0 bridgehead atoms. The maximum atomic E-state index is 12.7. The van der Waals surface area contributed by atoms with Crippen molar-refractivity contribution < 1.29 is 12.8 Å². The number of hydrazone groups is 1. The third-order valence-corrected chi connectivity index (χ3v) is 4.15. The van der Waals surface area contributed by atoms with Gasteiger partial charge < -0.3 is 0 Å². The summed E-state index contributed by atoms with van der Waals surface area (Å²) < 4.78 is 37.3. The highest BCUT2D eigenvalue weighted by Crippen LogP contribution is 2.14. The minimum atomic E-state index is -3.70. The van der Waals surface area contributed by atoms with Gasteiger partial charge in [-0.05, 0) is 42.0 Å². The number of nitrogens with one attached hydrogen (secondary N) is 1. The summed E-state index contributed by atoms with van der Waals surface area (Å²) in [5, 5.41) is 3.64. The topological polar surface area (TPSA) is 58.5 Å². The summed E-state index contributed by atoms with van der Waals surface area (Å²) in [6.07, 6.45) is 1.30. The molecule has 4 nitrogen and oxygen atoms in total. The van der Waals surface area contributed by atoms with Crippen LogP contribution in [0.2, 0.25) is 0 Å². The largest absolute Gasteiger partial charge is 0.276 e. The molecule has 0 aliphatic carbocycles. The van der Waals surface area contributed by atoms with E-state index in [1.165, 1.54) is 42.6 Å².